The molecule has 21 heavy (non-hydrogen) atoms. The molecule has 3 rings (SSSR count). The van der Waals surface area contributed by atoms with Crippen LogP contribution in [0.15, 0.2) is 60.7 Å². The van der Waals surface area contributed by atoms with Gasteiger partial charge in [-0.1, -0.05) is 48.0 Å². The lowest BCUT2D eigenvalue weighted by Crippen LogP contribution is -2.12. The van der Waals surface area contributed by atoms with E-state index in [2.05, 4.69) is 5.32 Å². The molecule has 3 heteroatoms. The van der Waals surface area contributed by atoms with Gasteiger partial charge in [-0.2, -0.15) is 0 Å². The molecule has 0 aliphatic rings. The van der Waals surface area contributed by atoms with Crippen molar-refractivity contribution < 1.29 is 9.90 Å². The number of fused-ring (bicyclic) bond motifs is 1. The van der Waals surface area contributed by atoms with Crippen LogP contribution in [0.3, 0.4) is 0 Å². The van der Waals surface area contributed by atoms with Crippen LogP contribution >= 0.6 is 0 Å². The summed E-state index contributed by atoms with van der Waals surface area (Å²) in [5.74, 6) is -0.328. The molecular weight excluding hydrogens is 262 g/mol. The van der Waals surface area contributed by atoms with Crippen molar-refractivity contribution in [2.24, 2.45) is 0 Å². The summed E-state index contributed by atoms with van der Waals surface area (Å²) < 4.78 is 0. The quantitative estimate of drug-likeness (QED) is 0.740. The van der Waals surface area contributed by atoms with Crippen molar-refractivity contribution >= 4 is 22.4 Å². The number of aryl methyl sites for hydroxylation is 1. The number of carbonyl (C=O) groups is 1. The Morgan fingerprint density at radius 3 is 2.62 bits per heavy atom. The van der Waals surface area contributed by atoms with E-state index in [1.807, 2.05) is 49.4 Å². The molecule has 0 atom stereocenters. The second-order valence-electron chi connectivity index (χ2n) is 5.00. The summed E-state index contributed by atoms with van der Waals surface area (Å²) in [7, 11) is 0. The van der Waals surface area contributed by atoms with Crippen LogP contribution in [0.4, 0.5) is 5.69 Å². The largest absolute Gasteiger partial charge is 0.507 e. The van der Waals surface area contributed by atoms with Crippen LogP contribution in [-0.2, 0) is 0 Å². The second kappa shape index (κ2) is 5.29. The molecule has 0 saturated heterocycles. The number of hydrogen-bond acceptors (Lipinski definition) is 2. The highest BCUT2D eigenvalue weighted by Crippen LogP contribution is 2.25. The van der Waals surface area contributed by atoms with E-state index in [1.165, 1.54) is 6.07 Å². The van der Waals surface area contributed by atoms with Crippen LogP contribution in [0.25, 0.3) is 10.8 Å². The van der Waals surface area contributed by atoms with E-state index in [0.29, 0.717) is 0 Å². The number of hydrogen-bond donors (Lipinski definition) is 2. The lowest BCUT2D eigenvalue weighted by molar-refractivity contribution is 0.102. The van der Waals surface area contributed by atoms with Crippen molar-refractivity contribution in [3.8, 4) is 5.75 Å². The van der Waals surface area contributed by atoms with Crippen molar-refractivity contribution in [3.05, 3.63) is 71.8 Å². The molecule has 104 valence electrons. The molecule has 0 bridgehead atoms. The maximum absolute atomic E-state index is 12.4. The minimum absolute atomic E-state index is 0.0154. The fourth-order valence-electron chi connectivity index (χ4n) is 2.36. The summed E-state index contributed by atoms with van der Waals surface area (Å²) in [5, 5.41) is 14.7. The van der Waals surface area contributed by atoms with Crippen LogP contribution < -0.4 is 5.32 Å². The van der Waals surface area contributed by atoms with Crippen LogP contribution in [0.1, 0.15) is 15.9 Å². The molecule has 3 aromatic rings. The molecule has 0 aliphatic carbocycles. The summed E-state index contributed by atoms with van der Waals surface area (Å²) in [5.41, 5.74) is 1.94. The summed E-state index contributed by atoms with van der Waals surface area (Å²) >= 11 is 0. The van der Waals surface area contributed by atoms with Gasteiger partial charge in [0, 0.05) is 11.1 Å². The Kier molecular flexibility index (Phi) is 3.32. The summed E-state index contributed by atoms with van der Waals surface area (Å²) in [4.78, 5) is 12.4. The number of nitrogens with one attached hydrogen (secondary N) is 1. The fourth-order valence-corrected chi connectivity index (χ4v) is 2.36. The Morgan fingerprint density at radius 2 is 1.76 bits per heavy atom. The molecule has 0 spiro atoms. The van der Waals surface area contributed by atoms with Gasteiger partial charge in [-0.25, -0.2) is 0 Å². The number of amides is 1. The first-order valence-electron chi connectivity index (χ1n) is 6.74. The number of phenolic OH excluding ortho intramolecular Hbond substituents is 1. The van der Waals surface area contributed by atoms with Gasteiger partial charge in [-0.3, -0.25) is 4.79 Å². The van der Waals surface area contributed by atoms with Crippen LogP contribution in [0.5, 0.6) is 5.75 Å². The van der Waals surface area contributed by atoms with Crippen molar-refractivity contribution in [1.82, 2.24) is 0 Å². The van der Waals surface area contributed by atoms with E-state index >= 15 is 0 Å². The average Bonchev–Trinajstić information content (AvgIpc) is 2.50. The predicted octanol–water partition coefficient (Wildman–Crippen LogP) is 4.11. The van der Waals surface area contributed by atoms with Gasteiger partial charge in [0.2, 0.25) is 0 Å². The average molecular weight is 277 g/mol. The van der Waals surface area contributed by atoms with E-state index in [-0.39, 0.29) is 17.2 Å². The first kappa shape index (κ1) is 13.2. The number of anilines is 1. The van der Waals surface area contributed by atoms with E-state index in [0.717, 1.165) is 22.0 Å². The van der Waals surface area contributed by atoms with Gasteiger partial charge in [0.1, 0.15) is 5.75 Å². The van der Waals surface area contributed by atoms with E-state index in [1.54, 1.807) is 12.1 Å². The maximum Gasteiger partial charge on any atom is 0.259 e. The van der Waals surface area contributed by atoms with Gasteiger partial charge >= 0.3 is 0 Å². The summed E-state index contributed by atoms with van der Waals surface area (Å²) in [6.45, 7) is 1.88. The standard InChI is InChI=1S/C18H15NO2/c1-12-9-10-17(20)15(11-12)18(21)19-16-8-4-6-13-5-2-3-7-14(13)16/h2-11,20H,1H3,(H,19,21). The van der Waals surface area contributed by atoms with Gasteiger partial charge in [-0.15, -0.1) is 0 Å². The molecule has 2 N–H and O–H groups in total. The monoisotopic (exact) mass is 277 g/mol. The zero-order valence-corrected chi connectivity index (χ0v) is 11.6. The topological polar surface area (TPSA) is 49.3 Å². The van der Waals surface area contributed by atoms with Gasteiger partial charge in [0.25, 0.3) is 5.91 Å². The Bertz CT molecular complexity index is 819. The lowest BCUT2D eigenvalue weighted by atomic mass is 10.1. The zero-order valence-electron chi connectivity index (χ0n) is 11.6. The summed E-state index contributed by atoms with van der Waals surface area (Å²) in [6.07, 6.45) is 0. The van der Waals surface area contributed by atoms with E-state index in [9.17, 15) is 9.90 Å². The highest BCUT2D eigenvalue weighted by atomic mass is 16.3. The number of benzene rings is 3. The SMILES string of the molecule is Cc1ccc(O)c(C(=O)Nc2cccc3ccccc23)c1. The van der Waals surface area contributed by atoms with Crippen LogP contribution in [0, 0.1) is 6.92 Å². The molecule has 0 unspecified atom stereocenters. The molecule has 0 heterocycles. The maximum atomic E-state index is 12.4. The molecule has 3 nitrogen and oxygen atoms in total. The number of rotatable bonds is 2. The fraction of sp³-hybridized carbons (Fsp3) is 0.0556. The van der Waals surface area contributed by atoms with Crippen LogP contribution in [0.2, 0.25) is 0 Å². The zero-order chi connectivity index (χ0) is 14.8. The van der Waals surface area contributed by atoms with E-state index in [4.69, 9.17) is 0 Å². The van der Waals surface area contributed by atoms with Crippen molar-refractivity contribution in [1.29, 1.82) is 0 Å². The normalized spacial score (nSPS) is 10.5. The van der Waals surface area contributed by atoms with Gasteiger partial charge in [-0.05, 0) is 30.5 Å². The third-order valence-electron chi connectivity index (χ3n) is 3.43. The Labute approximate surface area is 122 Å². The Hall–Kier alpha value is -2.81. The third-order valence-corrected chi connectivity index (χ3v) is 3.43. The minimum atomic E-state index is -0.312. The van der Waals surface area contributed by atoms with Crippen molar-refractivity contribution in [3.63, 3.8) is 0 Å². The van der Waals surface area contributed by atoms with E-state index < -0.39 is 0 Å². The van der Waals surface area contributed by atoms with Crippen molar-refractivity contribution in [2.45, 2.75) is 6.92 Å². The highest BCUT2D eigenvalue weighted by Gasteiger charge is 2.12. The second-order valence-corrected chi connectivity index (χ2v) is 5.00. The number of phenols is 1. The Morgan fingerprint density at radius 1 is 1.00 bits per heavy atom. The van der Waals surface area contributed by atoms with Gasteiger partial charge < -0.3 is 10.4 Å². The first-order chi connectivity index (χ1) is 10.1. The third kappa shape index (κ3) is 2.58. The molecule has 0 fully saturated rings. The molecule has 1 amide bonds. The molecule has 3 aromatic carbocycles. The smallest absolute Gasteiger partial charge is 0.259 e. The van der Waals surface area contributed by atoms with Crippen molar-refractivity contribution in [2.75, 3.05) is 5.32 Å². The molecular formula is C18H15NO2. The molecule has 0 saturated carbocycles. The van der Waals surface area contributed by atoms with Gasteiger partial charge in [0.15, 0.2) is 0 Å². The predicted molar refractivity (Wildman–Crippen MR) is 84.7 cm³/mol. The van der Waals surface area contributed by atoms with Crippen LogP contribution in [-0.4, -0.2) is 11.0 Å². The number of carbonyl (C=O) groups excluding carboxylic acids is 1. The Balaban J connectivity index is 1.99. The highest BCUT2D eigenvalue weighted by molar-refractivity contribution is 6.10. The molecule has 0 aliphatic heterocycles. The molecule has 0 aromatic heterocycles. The number of aromatic hydroxyl groups is 1. The lowest BCUT2D eigenvalue weighted by Gasteiger charge is -2.10. The van der Waals surface area contributed by atoms with Gasteiger partial charge in [0.05, 0.1) is 5.56 Å². The first-order valence-corrected chi connectivity index (χ1v) is 6.74. The summed E-state index contributed by atoms with van der Waals surface area (Å²) in [6, 6.07) is 18.6. The minimum Gasteiger partial charge on any atom is -0.507 e. The molecule has 0 radical (unpaired) electrons.